The lowest BCUT2D eigenvalue weighted by Gasteiger charge is -2.07. The van der Waals surface area contributed by atoms with Crippen LogP contribution >= 0.6 is 0 Å². The van der Waals surface area contributed by atoms with E-state index in [9.17, 15) is 14.4 Å². The van der Waals surface area contributed by atoms with E-state index in [1.807, 2.05) is 0 Å². The number of rotatable bonds is 5. The van der Waals surface area contributed by atoms with Crippen molar-refractivity contribution in [1.29, 1.82) is 0 Å². The molecular weight excluding hydrogens is 272 g/mol. The van der Waals surface area contributed by atoms with Gasteiger partial charge in [0.15, 0.2) is 6.61 Å². The Morgan fingerprint density at radius 3 is 2.57 bits per heavy atom. The first-order valence-electron chi connectivity index (χ1n) is 6.36. The highest BCUT2D eigenvalue weighted by molar-refractivity contribution is 5.97. The van der Waals surface area contributed by atoms with Gasteiger partial charge in [-0.3, -0.25) is 9.59 Å². The lowest BCUT2D eigenvalue weighted by molar-refractivity contribution is -0.142. The summed E-state index contributed by atoms with van der Waals surface area (Å²) < 4.78 is 4.78. The van der Waals surface area contributed by atoms with Crippen LogP contribution < -0.4 is 10.6 Å². The summed E-state index contributed by atoms with van der Waals surface area (Å²) in [6, 6.07) is 6.45. The van der Waals surface area contributed by atoms with Crippen molar-refractivity contribution in [1.82, 2.24) is 5.32 Å². The highest BCUT2D eigenvalue weighted by Crippen LogP contribution is 2.10. The number of carbonyl (C=O) groups excluding carboxylic acids is 3. The Morgan fingerprint density at radius 1 is 1.24 bits per heavy atom. The highest BCUT2D eigenvalue weighted by atomic mass is 16.5. The Balaban J connectivity index is 2.57. The first-order chi connectivity index (χ1) is 9.92. The molecule has 0 heterocycles. The topological polar surface area (TPSA) is 84.5 Å². The van der Waals surface area contributed by atoms with E-state index in [4.69, 9.17) is 4.74 Å². The molecule has 1 rings (SSSR count). The van der Waals surface area contributed by atoms with Crippen LogP contribution in [-0.2, 0) is 14.3 Å². The van der Waals surface area contributed by atoms with Crippen molar-refractivity contribution < 1.29 is 19.1 Å². The Bertz CT molecular complexity index is 575. The van der Waals surface area contributed by atoms with Crippen LogP contribution in [0.25, 0.3) is 0 Å². The van der Waals surface area contributed by atoms with Gasteiger partial charge in [0.05, 0.1) is 0 Å². The summed E-state index contributed by atoms with van der Waals surface area (Å²) in [5.74, 6) is -1.29. The quantitative estimate of drug-likeness (QED) is 0.635. The number of hydrogen-bond donors (Lipinski definition) is 2. The third kappa shape index (κ3) is 5.90. The minimum Gasteiger partial charge on any atom is -0.452 e. The van der Waals surface area contributed by atoms with E-state index in [0.29, 0.717) is 11.3 Å². The maximum absolute atomic E-state index is 11.6. The van der Waals surface area contributed by atoms with Crippen LogP contribution in [0.15, 0.2) is 35.9 Å². The Morgan fingerprint density at radius 2 is 1.95 bits per heavy atom. The molecule has 0 atom stereocenters. The zero-order valence-corrected chi connectivity index (χ0v) is 12.2. The van der Waals surface area contributed by atoms with Crippen molar-refractivity contribution in [3.63, 3.8) is 0 Å². The fourth-order valence-corrected chi connectivity index (χ4v) is 1.49. The van der Waals surface area contributed by atoms with Crippen LogP contribution in [0.2, 0.25) is 0 Å². The van der Waals surface area contributed by atoms with E-state index in [1.165, 1.54) is 19.2 Å². The highest BCUT2D eigenvalue weighted by Gasteiger charge is 2.08. The number of esters is 1. The first kappa shape index (κ1) is 16.4. The van der Waals surface area contributed by atoms with Crippen LogP contribution in [0.1, 0.15) is 24.2 Å². The minimum atomic E-state index is -0.565. The molecule has 0 bridgehead atoms. The molecule has 0 spiro atoms. The van der Waals surface area contributed by atoms with E-state index in [0.717, 1.165) is 5.57 Å². The fraction of sp³-hybridized carbons (Fsp3) is 0.267. The molecule has 6 nitrogen and oxygen atoms in total. The third-order valence-corrected chi connectivity index (χ3v) is 2.39. The summed E-state index contributed by atoms with van der Waals surface area (Å²) in [6.45, 7) is 3.13. The summed E-state index contributed by atoms with van der Waals surface area (Å²) in [5, 5.41) is 5.05. The molecule has 2 N–H and O–H groups in total. The van der Waals surface area contributed by atoms with Crippen molar-refractivity contribution in [3.8, 4) is 0 Å². The van der Waals surface area contributed by atoms with Gasteiger partial charge >= 0.3 is 5.97 Å². The molecule has 2 amide bonds. The molecule has 0 saturated heterocycles. The van der Waals surface area contributed by atoms with Crippen molar-refractivity contribution in [2.24, 2.45) is 0 Å². The van der Waals surface area contributed by atoms with Gasteiger partial charge in [0.1, 0.15) is 0 Å². The van der Waals surface area contributed by atoms with Crippen LogP contribution in [-0.4, -0.2) is 31.4 Å². The predicted molar refractivity (Wildman–Crippen MR) is 78.9 cm³/mol. The molecule has 0 fully saturated rings. The summed E-state index contributed by atoms with van der Waals surface area (Å²) >= 11 is 0. The van der Waals surface area contributed by atoms with Crippen LogP contribution in [0.3, 0.4) is 0 Å². The molecule has 0 aromatic heterocycles. The van der Waals surface area contributed by atoms with E-state index >= 15 is 0 Å². The number of carbonyl (C=O) groups is 3. The van der Waals surface area contributed by atoms with Gasteiger partial charge in [-0.15, -0.1) is 0 Å². The smallest absolute Gasteiger partial charge is 0.331 e. The molecule has 0 aliphatic rings. The Labute approximate surface area is 123 Å². The van der Waals surface area contributed by atoms with E-state index < -0.39 is 11.9 Å². The summed E-state index contributed by atoms with van der Waals surface area (Å²) in [5.41, 5.74) is 1.68. The zero-order valence-electron chi connectivity index (χ0n) is 12.2. The molecule has 0 unspecified atom stereocenters. The minimum absolute atomic E-state index is 0.249. The fourth-order valence-electron chi connectivity index (χ4n) is 1.49. The average Bonchev–Trinajstić information content (AvgIpc) is 2.44. The summed E-state index contributed by atoms with van der Waals surface area (Å²) in [7, 11) is 1.52. The van der Waals surface area contributed by atoms with Gasteiger partial charge in [-0.25, -0.2) is 4.79 Å². The first-order valence-corrected chi connectivity index (χ1v) is 6.36. The van der Waals surface area contributed by atoms with Gasteiger partial charge in [-0.05, 0) is 32.0 Å². The van der Waals surface area contributed by atoms with Gasteiger partial charge in [0.2, 0.25) is 0 Å². The average molecular weight is 290 g/mol. The predicted octanol–water partition coefficient (Wildman–Crippen LogP) is 1.49. The Hall–Kier alpha value is -2.63. The molecule has 0 radical (unpaired) electrons. The second-order valence-electron chi connectivity index (χ2n) is 4.54. The normalized spacial score (nSPS) is 9.48. The van der Waals surface area contributed by atoms with Crippen LogP contribution in [0, 0.1) is 0 Å². The Kier molecular flexibility index (Phi) is 6.13. The van der Waals surface area contributed by atoms with Gasteiger partial charge in [0, 0.05) is 24.4 Å². The number of hydrogen-bond acceptors (Lipinski definition) is 4. The molecule has 1 aromatic carbocycles. The SMILES string of the molecule is CNC(=O)c1cccc(NC(=O)COC(=O)C=C(C)C)c1. The monoisotopic (exact) mass is 290 g/mol. The maximum Gasteiger partial charge on any atom is 0.331 e. The largest absolute Gasteiger partial charge is 0.452 e. The number of anilines is 1. The van der Waals surface area contributed by atoms with Gasteiger partial charge < -0.3 is 15.4 Å². The van der Waals surface area contributed by atoms with Crippen molar-refractivity contribution in [3.05, 3.63) is 41.5 Å². The van der Waals surface area contributed by atoms with Crippen LogP contribution in [0.5, 0.6) is 0 Å². The second kappa shape index (κ2) is 7.84. The summed E-state index contributed by atoms with van der Waals surface area (Å²) in [6.07, 6.45) is 1.31. The molecule has 0 aliphatic carbocycles. The zero-order chi connectivity index (χ0) is 15.8. The molecule has 6 heteroatoms. The molecule has 1 aromatic rings. The van der Waals surface area contributed by atoms with Crippen molar-refractivity contribution in [2.45, 2.75) is 13.8 Å². The van der Waals surface area contributed by atoms with Crippen molar-refractivity contribution >= 4 is 23.5 Å². The molecule has 112 valence electrons. The lowest BCUT2D eigenvalue weighted by atomic mass is 10.2. The van der Waals surface area contributed by atoms with E-state index in [1.54, 1.807) is 32.0 Å². The lowest BCUT2D eigenvalue weighted by Crippen LogP contribution is -2.21. The van der Waals surface area contributed by atoms with Gasteiger partial charge in [-0.1, -0.05) is 11.6 Å². The van der Waals surface area contributed by atoms with Crippen LogP contribution in [0.4, 0.5) is 5.69 Å². The number of ether oxygens (including phenoxy) is 1. The molecule has 0 aliphatic heterocycles. The number of benzene rings is 1. The van der Waals surface area contributed by atoms with Gasteiger partial charge in [0.25, 0.3) is 11.8 Å². The standard InChI is InChI=1S/C15H18N2O4/c1-10(2)7-14(19)21-9-13(18)17-12-6-4-5-11(8-12)15(20)16-3/h4-8H,9H2,1-3H3,(H,16,20)(H,17,18). The van der Waals surface area contributed by atoms with E-state index in [2.05, 4.69) is 10.6 Å². The summed E-state index contributed by atoms with van der Waals surface area (Å²) in [4.78, 5) is 34.4. The van der Waals surface area contributed by atoms with Gasteiger partial charge in [-0.2, -0.15) is 0 Å². The number of nitrogens with one attached hydrogen (secondary N) is 2. The third-order valence-electron chi connectivity index (χ3n) is 2.39. The van der Waals surface area contributed by atoms with E-state index in [-0.39, 0.29) is 12.5 Å². The molecule has 21 heavy (non-hydrogen) atoms. The molecular formula is C15H18N2O4. The maximum atomic E-state index is 11.6. The number of amides is 2. The number of allylic oxidation sites excluding steroid dienone is 1. The molecule has 0 saturated carbocycles. The van der Waals surface area contributed by atoms with Crippen molar-refractivity contribution in [2.75, 3.05) is 19.0 Å². The second-order valence-corrected chi connectivity index (χ2v) is 4.54.